The molecule has 0 bridgehead atoms. The third-order valence-electron chi connectivity index (χ3n) is 2.30. The Morgan fingerprint density at radius 1 is 1.28 bits per heavy atom. The van der Waals surface area contributed by atoms with Gasteiger partial charge in [-0.25, -0.2) is 0 Å². The molecule has 0 heterocycles. The highest BCUT2D eigenvalue weighted by atomic mass is 16.5. The largest absolute Gasteiger partial charge is 0.484 e. The van der Waals surface area contributed by atoms with Gasteiger partial charge in [0.2, 0.25) is 5.91 Å². The van der Waals surface area contributed by atoms with Gasteiger partial charge in [0.15, 0.2) is 6.61 Å². The normalized spacial score (nSPS) is 11.5. The molecule has 0 spiro atoms. The fraction of sp³-hybridized carbons (Fsp3) is 0.385. The van der Waals surface area contributed by atoms with Gasteiger partial charge in [0, 0.05) is 14.1 Å². The smallest absolute Gasteiger partial charge is 0.258 e. The first-order valence-corrected chi connectivity index (χ1v) is 5.69. The summed E-state index contributed by atoms with van der Waals surface area (Å²) in [5.41, 5.74) is 0. The molecule has 98 valence electrons. The Morgan fingerprint density at radius 2 is 1.89 bits per heavy atom. The predicted molar refractivity (Wildman–Crippen MR) is 68.2 cm³/mol. The number of nitrogens with one attached hydrogen (secondary N) is 1. The van der Waals surface area contributed by atoms with Crippen molar-refractivity contribution in [3.63, 3.8) is 0 Å². The van der Waals surface area contributed by atoms with Gasteiger partial charge in [0.1, 0.15) is 11.8 Å². The lowest BCUT2D eigenvalue weighted by Gasteiger charge is -2.18. The molecule has 1 aromatic rings. The number of carbonyl (C=O) groups excluding carboxylic acids is 2. The summed E-state index contributed by atoms with van der Waals surface area (Å²) in [5, 5.41) is 2.58. The van der Waals surface area contributed by atoms with Gasteiger partial charge in [-0.05, 0) is 19.1 Å². The van der Waals surface area contributed by atoms with E-state index in [1.165, 1.54) is 4.90 Å². The highest BCUT2D eigenvalue weighted by molar-refractivity contribution is 5.87. The third kappa shape index (κ3) is 4.45. The lowest BCUT2D eigenvalue weighted by Crippen LogP contribution is -2.45. The van der Waals surface area contributed by atoms with Crippen molar-refractivity contribution in [3.05, 3.63) is 30.3 Å². The molecule has 1 unspecified atom stereocenters. The zero-order chi connectivity index (χ0) is 13.5. The number of hydrogen-bond acceptors (Lipinski definition) is 3. The summed E-state index contributed by atoms with van der Waals surface area (Å²) in [7, 11) is 3.29. The average Bonchev–Trinajstić information content (AvgIpc) is 2.36. The van der Waals surface area contributed by atoms with E-state index in [4.69, 9.17) is 4.74 Å². The molecular formula is C13H18N2O3. The zero-order valence-corrected chi connectivity index (χ0v) is 10.8. The van der Waals surface area contributed by atoms with Crippen LogP contribution in [0.3, 0.4) is 0 Å². The van der Waals surface area contributed by atoms with Crippen molar-refractivity contribution >= 4 is 11.8 Å². The highest BCUT2D eigenvalue weighted by Gasteiger charge is 2.17. The lowest BCUT2D eigenvalue weighted by molar-refractivity contribution is -0.134. The number of hydrogen-bond donors (Lipinski definition) is 1. The van der Waals surface area contributed by atoms with E-state index in [-0.39, 0.29) is 18.4 Å². The molecule has 0 radical (unpaired) electrons. The van der Waals surface area contributed by atoms with Crippen molar-refractivity contribution in [2.75, 3.05) is 20.7 Å². The summed E-state index contributed by atoms with van der Waals surface area (Å²) >= 11 is 0. The van der Waals surface area contributed by atoms with Crippen LogP contribution in [0.2, 0.25) is 0 Å². The van der Waals surface area contributed by atoms with Crippen LogP contribution in [0.15, 0.2) is 30.3 Å². The maximum Gasteiger partial charge on any atom is 0.258 e. The van der Waals surface area contributed by atoms with Crippen LogP contribution in [0.25, 0.3) is 0 Å². The quantitative estimate of drug-likeness (QED) is 0.835. The maximum atomic E-state index is 11.5. The van der Waals surface area contributed by atoms with E-state index in [9.17, 15) is 9.59 Å². The Hall–Kier alpha value is -2.04. The SMILES string of the molecule is CC(NC(=O)COc1ccccc1)C(=O)N(C)C. The standard InChI is InChI=1S/C13H18N2O3/c1-10(13(17)15(2)3)14-12(16)9-18-11-7-5-4-6-8-11/h4-8,10H,9H2,1-3H3,(H,14,16). The lowest BCUT2D eigenvalue weighted by atomic mass is 10.3. The van der Waals surface area contributed by atoms with Crippen molar-refractivity contribution in [1.29, 1.82) is 0 Å². The van der Waals surface area contributed by atoms with Crippen LogP contribution in [0.5, 0.6) is 5.75 Å². The van der Waals surface area contributed by atoms with E-state index in [0.717, 1.165) is 0 Å². The first kappa shape index (κ1) is 14.0. The van der Waals surface area contributed by atoms with E-state index < -0.39 is 6.04 Å². The Bertz CT molecular complexity index is 404. The summed E-state index contributed by atoms with van der Waals surface area (Å²) in [6, 6.07) is 8.50. The molecule has 2 amide bonds. The second kappa shape index (κ2) is 6.64. The topological polar surface area (TPSA) is 58.6 Å². The monoisotopic (exact) mass is 250 g/mol. The third-order valence-corrected chi connectivity index (χ3v) is 2.30. The molecule has 0 fully saturated rings. The number of carbonyl (C=O) groups is 2. The van der Waals surface area contributed by atoms with Gasteiger partial charge in [-0.3, -0.25) is 9.59 Å². The molecule has 1 N–H and O–H groups in total. The highest BCUT2D eigenvalue weighted by Crippen LogP contribution is 2.07. The molecule has 1 rings (SSSR count). The van der Waals surface area contributed by atoms with Gasteiger partial charge < -0.3 is 15.0 Å². The molecule has 5 nitrogen and oxygen atoms in total. The number of amides is 2. The summed E-state index contributed by atoms with van der Waals surface area (Å²) in [5.74, 6) is 0.156. The Labute approximate surface area is 107 Å². The number of likely N-dealkylation sites (N-methyl/N-ethyl adjacent to an activating group) is 1. The predicted octanol–water partition coefficient (Wildman–Crippen LogP) is 0.658. The van der Waals surface area contributed by atoms with E-state index in [0.29, 0.717) is 5.75 Å². The number of nitrogens with zero attached hydrogens (tertiary/aromatic N) is 1. The van der Waals surface area contributed by atoms with Gasteiger partial charge in [0.25, 0.3) is 5.91 Å². The molecule has 5 heteroatoms. The van der Waals surface area contributed by atoms with Crippen molar-refractivity contribution in [2.24, 2.45) is 0 Å². The molecule has 1 atom stereocenters. The molecule has 1 aromatic carbocycles. The zero-order valence-electron chi connectivity index (χ0n) is 10.8. The van der Waals surface area contributed by atoms with Gasteiger partial charge in [0.05, 0.1) is 0 Å². The molecule has 0 saturated carbocycles. The Kier molecular flexibility index (Phi) is 5.17. The molecule has 18 heavy (non-hydrogen) atoms. The summed E-state index contributed by atoms with van der Waals surface area (Å²) in [6.07, 6.45) is 0. The number of rotatable bonds is 5. The Balaban J connectivity index is 2.36. The van der Waals surface area contributed by atoms with E-state index in [2.05, 4.69) is 5.32 Å². The van der Waals surface area contributed by atoms with Crippen molar-refractivity contribution in [1.82, 2.24) is 10.2 Å². The molecule has 0 saturated heterocycles. The van der Waals surface area contributed by atoms with E-state index in [1.807, 2.05) is 18.2 Å². The van der Waals surface area contributed by atoms with Gasteiger partial charge in [-0.15, -0.1) is 0 Å². The second-order valence-corrected chi connectivity index (χ2v) is 4.12. The molecule has 0 aliphatic carbocycles. The molecule has 0 aliphatic rings. The van der Waals surface area contributed by atoms with Crippen LogP contribution in [0, 0.1) is 0 Å². The first-order chi connectivity index (χ1) is 8.50. The first-order valence-electron chi connectivity index (χ1n) is 5.69. The number of ether oxygens (including phenoxy) is 1. The van der Waals surface area contributed by atoms with Crippen molar-refractivity contribution in [2.45, 2.75) is 13.0 Å². The van der Waals surface area contributed by atoms with Crippen LogP contribution in [0.1, 0.15) is 6.92 Å². The average molecular weight is 250 g/mol. The van der Waals surface area contributed by atoms with Crippen LogP contribution in [0.4, 0.5) is 0 Å². The number of para-hydroxylation sites is 1. The van der Waals surface area contributed by atoms with E-state index in [1.54, 1.807) is 33.2 Å². The van der Waals surface area contributed by atoms with Gasteiger partial charge in [-0.1, -0.05) is 18.2 Å². The fourth-order valence-electron chi connectivity index (χ4n) is 1.40. The van der Waals surface area contributed by atoms with Crippen molar-refractivity contribution < 1.29 is 14.3 Å². The van der Waals surface area contributed by atoms with Crippen molar-refractivity contribution in [3.8, 4) is 5.75 Å². The summed E-state index contributed by atoms with van der Waals surface area (Å²) in [4.78, 5) is 24.5. The number of benzene rings is 1. The summed E-state index contributed by atoms with van der Waals surface area (Å²) < 4.78 is 5.27. The minimum absolute atomic E-state index is 0.102. The van der Waals surface area contributed by atoms with Crippen LogP contribution >= 0.6 is 0 Å². The van der Waals surface area contributed by atoms with Crippen LogP contribution in [-0.4, -0.2) is 43.5 Å². The Morgan fingerprint density at radius 3 is 2.44 bits per heavy atom. The molecule has 0 aliphatic heterocycles. The van der Waals surface area contributed by atoms with E-state index >= 15 is 0 Å². The molecule has 0 aromatic heterocycles. The maximum absolute atomic E-state index is 11.5. The summed E-state index contributed by atoms with van der Waals surface area (Å²) in [6.45, 7) is 1.54. The minimum Gasteiger partial charge on any atom is -0.484 e. The van der Waals surface area contributed by atoms with Crippen LogP contribution in [-0.2, 0) is 9.59 Å². The molecular weight excluding hydrogens is 232 g/mol. The van der Waals surface area contributed by atoms with Gasteiger partial charge >= 0.3 is 0 Å². The minimum atomic E-state index is -0.549. The second-order valence-electron chi connectivity index (χ2n) is 4.12. The van der Waals surface area contributed by atoms with Crippen LogP contribution < -0.4 is 10.1 Å². The van der Waals surface area contributed by atoms with Gasteiger partial charge in [-0.2, -0.15) is 0 Å². The fourth-order valence-corrected chi connectivity index (χ4v) is 1.40.